The van der Waals surface area contributed by atoms with E-state index in [1.54, 1.807) is 0 Å². The smallest absolute Gasteiger partial charge is 0.126 e. The van der Waals surface area contributed by atoms with Crippen LogP contribution >= 0.6 is 0 Å². The number of hydrogen-bond donors (Lipinski definition) is 1. The molecule has 2 heteroatoms. The highest BCUT2D eigenvalue weighted by Crippen LogP contribution is 2.34. The summed E-state index contributed by atoms with van der Waals surface area (Å²) < 4.78 is 0. The summed E-state index contributed by atoms with van der Waals surface area (Å²) in [4.78, 5) is 11.0. The molecule has 0 aromatic carbocycles. The molecule has 0 saturated heterocycles. The minimum Gasteiger partial charge on any atom is -0.396 e. The molecule has 1 aliphatic carbocycles. The number of hydrogen-bond acceptors (Lipinski definition) is 2. The lowest BCUT2D eigenvalue weighted by Gasteiger charge is -2.29. The van der Waals surface area contributed by atoms with E-state index < -0.39 is 0 Å². The Morgan fingerprint density at radius 1 is 1.08 bits per heavy atom. The average Bonchev–Trinajstić information content (AvgIpc) is 2.10. The summed E-state index contributed by atoms with van der Waals surface area (Å²) in [6.07, 6.45) is 9.84. The van der Waals surface area contributed by atoms with Gasteiger partial charge in [0.25, 0.3) is 0 Å². The van der Waals surface area contributed by atoms with Gasteiger partial charge in [0.2, 0.25) is 0 Å². The lowest BCUT2D eigenvalue weighted by atomic mass is 9.75. The molecule has 0 amide bonds. The van der Waals surface area contributed by atoms with E-state index in [0.29, 0.717) is 6.42 Å². The molecule has 1 N–H and O–H groups in total. The molecule has 1 fully saturated rings. The normalized spacial score (nSPS) is 23.2. The van der Waals surface area contributed by atoms with Crippen LogP contribution in [0.2, 0.25) is 0 Å². The lowest BCUT2D eigenvalue weighted by Crippen LogP contribution is -2.25. The van der Waals surface area contributed by atoms with Crippen molar-refractivity contribution in [2.45, 2.75) is 51.4 Å². The largest absolute Gasteiger partial charge is 0.396 e. The van der Waals surface area contributed by atoms with Crippen molar-refractivity contribution in [3.63, 3.8) is 0 Å². The molecular weight excluding hydrogens is 164 g/mol. The number of rotatable bonds is 3. The van der Waals surface area contributed by atoms with Crippen LogP contribution in [0.5, 0.6) is 0 Å². The second kappa shape index (κ2) is 5.38. The zero-order chi connectivity index (χ0) is 9.57. The molecule has 0 aliphatic heterocycles. The Kier molecular flexibility index (Phi) is 4.43. The third-order valence-electron chi connectivity index (χ3n) is 3.21. The number of carbonyl (C=O) groups excluding carboxylic acids is 1. The number of aliphatic hydroxyl groups excluding tert-OH is 1. The number of aldehydes is 1. The number of aliphatic hydroxyl groups is 1. The molecule has 1 aliphatic rings. The first kappa shape index (κ1) is 10.7. The fourth-order valence-electron chi connectivity index (χ4n) is 2.26. The highest BCUT2D eigenvalue weighted by Gasteiger charge is 2.28. The number of carbonyl (C=O) groups is 1. The van der Waals surface area contributed by atoms with Gasteiger partial charge in [0.05, 0.1) is 0 Å². The van der Waals surface area contributed by atoms with Gasteiger partial charge >= 0.3 is 0 Å². The van der Waals surface area contributed by atoms with E-state index in [1.807, 2.05) is 0 Å². The summed E-state index contributed by atoms with van der Waals surface area (Å²) >= 11 is 0. The van der Waals surface area contributed by atoms with Crippen LogP contribution in [0.3, 0.4) is 0 Å². The van der Waals surface area contributed by atoms with E-state index in [4.69, 9.17) is 5.11 Å². The first-order valence-electron chi connectivity index (χ1n) is 5.40. The molecule has 13 heavy (non-hydrogen) atoms. The van der Waals surface area contributed by atoms with Gasteiger partial charge in [0, 0.05) is 12.0 Å². The van der Waals surface area contributed by atoms with Crippen LogP contribution in [-0.2, 0) is 4.79 Å². The second-order valence-corrected chi connectivity index (χ2v) is 4.22. The molecule has 0 aromatic rings. The van der Waals surface area contributed by atoms with E-state index in [1.165, 1.54) is 19.3 Å². The van der Waals surface area contributed by atoms with Crippen LogP contribution in [0.15, 0.2) is 0 Å². The van der Waals surface area contributed by atoms with Crippen LogP contribution in [0.25, 0.3) is 0 Å². The van der Waals surface area contributed by atoms with Crippen molar-refractivity contribution in [2.24, 2.45) is 5.41 Å². The van der Waals surface area contributed by atoms with Gasteiger partial charge < -0.3 is 9.90 Å². The predicted octanol–water partition coefficient (Wildman–Crippen LogP) is 2.30. The SMILES string of the molecule is O=CC1(CCO)CCCCCCC1. The van der Waals surface area contributed by atoms with Crippen molar-refractivity contribution >= 4 is 6.29 Å². The molecule has 2 nitrogen and oxygen atoms in total. The Morgan fingerprint density at radius 3 is 2.08 bits per heavy atom. The monoisotopic (exact) mass is 184 g/mol. The zero-order valence-electron chi connectivity index (χ0n) is 8.30. The zero-order valence-corrected chi connectivity index (χ0v) is 8.30. The highest BCUT2D eigenvalue weighted by atomic mass is 16.3. The van der Waals surface area contributed by atoms with Crippen molar-refractivity contribution < 1.29 is 9.90 Å². The molecule has 0 unspecified atom stereocenters. The van der Waals surface area contributed by atoms with E-state index >= 15 is 0 Å². The van der Waals surface area contributed by atoms with Crippen LogP contribution < -0.4 is 0 Å². The van der Waals surface area contributed by atoms with Crippen LogP contribution in [-0.4, -0.2) is 18.0 Å². The third-order valence-corrected chi connectivity index (χ3v) is 3.21. The fourth-order valence-corrected chi connectivity index (χ4v) is 2.26. The Balaban J connectivity index is 2.52. The Labute approximate surface area is 80.3 Å². The van der Waals surface area contributed by atoms with Gasteiger partial charge in [-0.25, -0.2) is 0 Å². The minimum atomic E-state index is -0.185. The van der Waals surface area contributed by atoms with Crippen LogP contribution in [0.1, 0.15) is 51.4 Å². The van der Waals surface area contributed by atoms with Gasteiger partial charge in [-0.3, -0.25) is 0 Å². The topological polar surface area (TPSA) is 37.3 Å². The first-order valence-corrected chi connectivity index (χ1v) is 5.40. The second-order valence-electron chi connectivity index (χ2n) is 4.22. The first-order chi connectivity index (χ1) is 6.33. The minimum absolute atomic E-state index is 0.152. The van der Waals surface area contributed by atoms with Crippen molar-refractivity contribution in [2.75, 3.05) is 6.61 Å². The van der Waals surface area contributed by atoms with Crippen molar-refractivity contribution in [3.8, 4) is 0 Å². The lowest BCUT2D eigenvalue weighted by molar-refractivity contribution is -0.118. The molecule has 0 heterocycles. The summed E-state index contributed by atoms with van der Waals surface area (Å²) in [7, 11) is 0. The Bertz CT molecular complexity index is 146. The summed E-state index contributed by atoms with van der Waals surface area (Å²) in [6, 6.07) is 0. The fraction of sp³-hybridized carbons (Fsp3) is 0.909. The van der Waals surface area contributed by atoms with Crippen molar-refractivity contribution in [1.82, 2.24) is 0 Å². The predicted molar refractivity (Wildman–Crippen MR) is 52.5 cm³/mol. The maximum absolute atomic E-state index is 11.0. The van der Waals surface area contributed by atoms with Crippen LogP contribution in [0, 0.1) is 5.41 Å². The van der Waals surface area contributed by atoms with E-state index in [2.05, 4.69) is 0 Å². The molecule has 0 aromatic heterocycles. The van der Waals surface area contributed by atoms with Gasteiger partial charge in [0.15, 0.2) is 0 Å². The average molecular weight is 184 g/mol. The van der Waals surface area contributed by atoms with Gasteiger partial charge in [-0.2, -0.15) is 0 Å². The highest BCUT2D eigenvalue weighted by molar-refractivity contribution is 5.59. The summed E-state index contributed by atoms with van der Waals surface area (Å²) in [6.45, 7) is 0.152. The van der Waals surface area contributed by atoms with Gasteiger partial charge in [-0.1, -0.05) is 32.1 Å². The maximum Gasteiger partial charge on any atom is 0.126 e. The van der Waals surface area contributed by atoms with Crippen molar-refractivity contribution in [3.05, 3.63) is 0 Å². The van der Waals surface area contributed by atoms with Gasteiger partial charge in [-0.05, 0) is 19.3 Å². The molecule has 0 spiro atoms. The molecule has 76 valence electrons. The molecular formula is C11H20O2. The molecule has 1 rings (SSSR count). The van der Waals surface area contributed by atoms with E-state index in [-0.39, 0.29) is 12.0 Å². The Hall–Kier alpha value is -0.370. The maximum atomic E-state index is 11.0. The van der Waals surface area contributed by atoms with Crippen LogP contribution in [0.4, 0.5) is 0 Å². The van der Waals surface area contributed by atoms with E-state index in [0.717, 1.165) is 32.0 Å². The summed E-state index contributed by atoms with van der Waals surface area (Å²) in [5.41, 5.74) is -0.185. The van der Waals surface area contributed by atoms with Gasteiger partial charge in [-0.15, -0.1) is 0 Å². The third kappa shape index (κ3) is 3.11. The molecule has 0 bridgehead atoms. The van der Waals surface area contributed by atoms with Crippen molar-refractivity contribution in [1.29, 1.82) is 0 Å². The summed E-state index contributed by atoms with van der Waals surface area (Å²) in [5.74, 6) is 0. The Morgan fingerprint density at radius 2 is 1.62 bits per heavy atom. The molecule has 0 atom stereocenters. The van der Waals surface area contributed by atoms with Gasteiger partial charge in [0.1, 0.15) is 6.29 Å². The molecule has 1 saturated carbocycles. The quantitative estimate of drug-likeness (QED) is 0.683. The standard InChI is InChI=1S/C11H20O2/c12-9-8-11(10-13)6-4-2-1-3-5-7-11/h10,12H,1-9H2. The molecule has 0 radical (unpaired) electrons. The summed E-state index contributed by atoms with van der Waals surface area (Å²) in [5, 5.41) is 8.92. The van der Waals surface area contributed by atoms with E-state index in [9.17, 15) is 4.79 Å².